The molecule has 0 bridgehead atoms. The van der Waals surface area contributed by atoms with Crippen molar-refractivity contribution in [3.8, 4) is 5.75 Å². The third-order valence-corrected chi connectivity index (χ3v) is 2.92. The van der Waals surface area contributed by atoms with Crippen molar-refractivity contribution in [1.29, 1.82) is 0 Å². The molecule has 0 saturated heterocycles. The summed E-state index contributed by atoms with van der Waals surface area (Å²) < 4.78 is 5.51. The van der Waals surface area contributed by atoms with Crippen LogP contribution in [0, 0.1) is 0 Å². The van der Waals surface area contributed by atoms with Gasteiger partial charge in [-0.05, 0) is 18.6 Å². The summed E-state index contributed by atoms with van der Waals surface area (Å²) in [6.45, 7) is 1.05. The molecule has 18 heavy (non-hydrogen) atoms. The third-order valence-electron chi connectivity index (χ3n) is 2.92. The highest BCUT2D eigenvalue weighted by Crippen LogP contribution is 2.28. The standard InChI is InChI=1S/C13H17NO4/c1-13(17,8-15)7-14-12(16)11-6-9-4-2-3-5-10(9)18-11/h2-5,11,15,17H,6-8H2,1H3,(H,14,16). The predicted octanol–water partition coefficient (Wildman–Crippen LogP) is -0.150. The van der Waals surface area contributed by atoms with E-state index in [2.05, 4.69) is 5.32 Å². The van der Waals surface area contributed by atoms with Crippen LogP contribution in [0.1, 0.15) is 12.5 Å². The Morgan fingerprint density at radius 1 is 1.56 bits per heavy atom. The number of benzene rings is 1. The Morgan fingerprint density at radius 2 is 2.28 bits per heavy atom. The van der Waals surface area contributed by atoms with Crippen LogP contribution in [0.15, 0.2) is 24.3 Å². The van der Waals surface area contributed by atoms with Gasteiger partial charge in [0, 0.05) is 13.0 Å². The van der Waals surface area contributed by atoms with Crippen molar-refractivity contribution in [3.63, 3.8) is 0 Å². The molecule has 2 unspecified atom stereocenters. The van der Waals surface area contributed by atoms with Crippen LogP contribution in [0.3, 0.4) is 0 Å². The van der Waals surface area contributed by atoms with E-state index < -0.39 is 18.3 Å². The zero-order valence-electron chi connectivity index (χ0n) is 10.2. The minimum Gasteiger partial charge on any atom is -0.480 e. The summed E-state index contributed by atoms with van der Waals surface area (Å²) in [5.41, 5.74) is -0.298. The van der Waals surface area contributed by atoms with Crippen LogP contribution in [-0.2, 0) is 11.2 Å². The number of amides is 1. The molecule has 0 aliphatic carbocycles. The van der Waals surface area contributed by atoms with E-state index in [1.807, 2.05) is 24.3 Å². The molecule has 0 saturated carbocycles. The summed E-state index contributed by atoms with van der Waals surface area (Å²) in [5.74, 6) is 0.450. The summed E-state index contributed by atoms with van der Waals surface area (Å²) in [6, 6.07) is 7.51. The van der Waals surface area contributed by atoms with Crippen LogP contribution in [0.2, 0.25) is 0 Å². The molecule has 1 heterocycles. The van der Waals surface area contributed by atoms with Crippen molar-refractivity contribution in [2.24, 2.45) is 0 Å². The lowest BCUT2D eigenvalue weighted by atomic mass is 10.1. The van der Waals surface area contributed by atoms with E-state index in [0.717, 1.165) is 11.3 Å². The van der Waals surface area contributed by atoms with Gasteiger partial charge < -0.3 is 20.3 Å². The maximum atomic E-state index is 11.8. The van der Waals surface area contributed by atoms with Gasteiger partial charge in [0.05, 0.1) is 6.61 Å². The first kappa shape index (κ1) is 12.9. The van der Waals surface area contributed by atoms with Gasteiger partial charge in [-0.15, -0.1) is 0 Å². The zero-order chi connectivity index (χ0) is 13.2. The Hall–Kier alpha value is -1.59. The molecule has 0 fully saturated rings. The summed E-state index contributed by atoms with van der Waals surface area (Å²) in [5, 5.41) is 21.0. The number of para-hydroxylation sites is 1. The van der Waals surface area contributed by atoms with Crippen LogP contribution in [0.5, 0.6) is 5.75 Å². The molecule has 0 spiro atoms. The number of carbonyl (C=O) groups is 1. The van der Waals surface area contributed by atoms with Gasteiger partial charge in [0.2, 0.25) is 0 Å². The normalized spacial score (nSPS) is 20.7. The second-order valence-electron chi connectivity index (χ2n) is 4.79. The van der Waals surface area contributed by atoms with E-state index in [0.29, 0.717) is 6.42 Å². The summed E-state index contributed by atoms with van der Waals surface area (Å²) in [7, 11) is 0. The van der Waals surface area contributed by atoms with Crippen molar-refractivity contribution in [1.82, 2.24) is 5.32 Å². The van der Waals surface area contributed by atoms with Crippen LogP contribution >= 0.6 is 0 Å². The van der Waals surface area contributed by atoms with Crippen molar-refractivity contribution in [2.75, 3.05) is 13.2 Å². The molecule has 1 aromatic rings. The Kier molecular flexibility index (Phi) is 3.54. The molecule has 1 aliphatic heterocycles. The number of aliphatic hydroxyl groups is 2. The molecule has 3 N–H and O–H groups in total. The highest BCUT2D eigenvalue weighted by atomic mass is 16.5. The van der Waals surface area contributed by atoms with E-state index in [-0.39, 0.29) is 12.5 Å². The molecular formula is C13H17NO4. The number of aliphatic hydroxyl groups excluding tert-OH is 1. The number of carbonyl (C=O) groups excluding carboxylic acids is 1. The summed E-state index contributed by atoms with van der Waals surface area (Å²) in [6.07, 6.45) is -0.0274. The maximum Gasteiger partial charge on any atom is 0.261 e. The number of ether oxygens (including phenoxy) is 1. The molecule has 2 rings (SSSR count). The molecule has 1 amide bonds. The number of fused-ring (bicyclic) bond motifs is 1. The topological polar surface area (TPSA) is 78.8 Å². The molecule has 5 heteroatoms. The lowest BCUT2D eigenvalue weighted by molar-refractivity contribution is -0.128. The van der Waals surface area contributed by atoms with Gasteiger partial charge in [-0.3, -0.25) is 4.79 Å². The van der Waals surface area contributed by atoms with E-state index in [9.17, 15) is 9.90 Å². The van der Waals surface area contributed by atoms with E-state index in [4.69, 9.17) is 9.84 Å². The van der Waals surface area contributed by atoms with E-state index >= 15 is 0 Å². The second-order valence-corrected chi connectivity index (χ2v) is 4.79. The van der Waals surface area contributed by atoms with Crippen LogP contribution in [-0.4, -0.2) is 41.0 Å². The first-order chi connectivity index (χ1) is 8.52. The Morgan fingerprint density at radius 3 is 2.94 bits per heavy atom. The Bertz CT molecular complexity index is 419. The van der Waals surface area contributed by atoms with E-state index in [1.54, 1.807) is 0 Å². The predicted molar refractivity (Wildman–Crippen MR) is 65.3 cm³/mol. The third kappa shape index (κ3) is 2.80. The molecule has 0 aromatic heterocycles. The molecule has 0 radical (unpaired) electrons. The highest BCUT2D eigenvalue weighted by molar-refractivity contribution is 5.82. The summed E-state index contributed by atoms with van der Waals surface area (Å²) >= 11 is 0. The Labute approximate surface area is 105 Å². The van der Waals surface area contributed by atoms with Gasteiger partial charge in [-0.25, -0.2) is 0 Å². The first-order valence-electron chi connectivity index (χ1n) is 5.87. The number of hydrogen-bond acceptors (Lipinski definition) is 4. The van der Waals surface area contributed by atoms with Crippen molar-refractivity contribution in [2.45, 2.75) is 25.0 Å². The average molecular weight is 251 g/mol. The average Bonchev–Trinajstić information content (AvgIpc) is 2.80. The minimum absolute atomic E-state index is 0.00145. The molecule has 1 aliphatic rings. The van der Waals surface area contributed by atoms with Crippen LogP contribution in [0.25, 0.3) is 0 Å². The fourth-order valence-corrected chi connectivity index (χ4v) is 1.78. The molecule has 98 valence electrons. The quantitative estimate of drug-likeness (QED) is 0.695. The number of hydrogen-bond donors (Lipinski definition) is 3. The van der Waals surface area contributed by atoms with Crippen LogP contribution in [0.4, 0.5) is 0 Å². The molecular weight excluding hydrogens is 234 g/mol. The highest BCUT2D eigenvalue weighted by Gasteiger charge is 2.30. The van der Waals surface area contributed by atoms with Gasteiger partial charge >= 0.3 is 0 Å². The van der Waals surface area contributed by atoms with Crippen molar-refractivity contribution >= 4 is 5.91 Å². The van der Waals surface area contributed by atoms with Gasteiger partial charge in [-0.1, -0.05) is 18.2 Å². The number of rotatable bonds is 4. The smallest absolute Gasteiger partial charge is 0.261 e. The Balaban J connectivity index is 1.90. The van der Waals surface area contributed by atoms with Crippen LogP contribution < -0.4 is 10.1 Å². The molecule has 5 nitrogen and oxygen atoms in total. The second kappa shape index (κ2) is 4.96. The van der Waals surface area contributed by atoms with Gasteiger partial charge in [0.1, 0.15) is 11.4 Å². The fourth-order valence-electron chi connectivity index (χ4n) is 1.78. The minimum atomic E-state index is -1.30. The summed E-state index contributed by atoms with van der Waals surface area (Å²) in [4.78, 5) is 11.8. The largest absolute Gasteiger partial charge is 0.480 e. The zero-order valence-corrected chi connectivity index (χ0v) is 10.2. The lowest BCUT2D eigenvalue weighted by Crippen LogP contribution is -2.47. The lowest BCUT2D eigenvalue weighted by Gasteiger charge is -2.21. The fraction of sp³-hybridized carbons (Fsp3) is 0.462. The van der Waals surface area contributed by atoms with Crippen molar-refractivity contribution < 1.29 is 19.7 Å². The van der Waals surface area contributed by atoms with Crippen molar-refractivity contribution in [3.05, 3.63) is 29.8 Å². The monoisotopic (exact) mass is 251 g/mol. The van der Waals surface area contributed by atoms with Gasteiger partial charge in [0.25, 0.3) is 5.91 Å². The van der Waals surface area contributed by atoms with Gasteiger partial charge in [0.15, 0.2) is 6.10 Å². The SMILES string of the molecule is CC(O)(CO)CNC(=O)C1Cc2ccccc2O1. The molecule has 1 aromatic carbocycles. The maximum absolute atomic E-state index is 11.8. The number of nitrogens with one attached hydrogen (secondary N) is 1. The molecule has 2 atom stereocenters. The van der Waals surface area contributed by atoms with E-state index in [1.165, 1.54) is 6.92 Å². The van der Waals surface area contributed by atoms with Gasteiger partial charge in [-0.2, -0.15) is 0 Å². The first-order valence-corrected chi connectivity index (χ1v) is 5.87.